The maximum atomic E-state index is 12.6. The number of alkyl halides is 2. The molecule has 0 saturated heterocycles. The van der Waals surface area contributed by atoms with Crippen LogP contribution < -0.4 is 0 Å². The van der Waals surface area contributed by atoms with Crippen molar-refractivity contribution >= 4 is 5.97 Å². The highest BCUT2D eigenvalue weighted by Crippen LogP contribution is 2.25. The van der Waals surface area contributed by atoms with E-state index in [1.54, 1.807) is 0 Å². The first-order chi connectivity index (χ1) is 5.39. The maximum Gasteiger partial charge on any atom is 0.306 e. The summed E-state index contributed by atoms with van der Waals surface area (Å²) in [7, 11) is 0. The molecule has 0 aromatic carbocycles. The van der Waals surface area contributed by atoms with Gasteiger partial charge in [0.15, 0.2) is 0 Å². The summed E-state index contributed by atoms with van der Waals surface area (Å²) in [4.78, 5) is 10.3. The van der Waals surface area contributed by atoms with Gasteiger partial charge in [-0.25, -0.2) is 8.78 Å². The monoisotopic (exact) mass is 180 g/mol. The zero-order chi connectivity index (χ0) is 9.78. The van der Waals surface area contributed by atoms with Gasteiger partial charge in [0, 0.05) is 12.8 Å². The van der Waals surface area contributed by atoms with Crippen LogP contribution in [0.25, 0.3) is 0 Å². The van der Waals surface area contributed by atoms with E-state index in [1.165, 1.54) is 13.8 Å². The molecule has 1 N–H and O–H groups in total. The molecule has 1 unspecified atom stereocenters. The van der Waals surface area contributed by atoms with Gasteiger partial charge in [-0.2, -0.15) is 0 Å². The molecule has 0 aromatic heterocycles. The van der Waals surface area contributed by atoms with Crippen molar-refractivity contribution in [2.45, 2.75) is 39.0 Å². The van der Waals surface area contributed by atoms with Crippen molar-refractivity contribution in [1.82, 2.24) is 0 Å². The van der Waals surface area contributed by atoms with Crippen LogP contribution in [0.1, 0.15) is 33.1 Å². The van der Waals surface area contributed by atoms with Crippen LogP contribution in [0.5, 0.6) is 0 Å². The third-order valence-corrected chi connectivity index (χ3v) is 1.88. The van der Waals surface area contributed by atoms with Crippen LogP contribution in [-0.2, 0) is 4.79 Å². The summed E-state index contributed by atoms with van der Waals surface area (Å²) in [6, 6.07) is 0. The van der Waals surface area contributed by atoms with Gasteiger partial charge in [0.1, 0.15) is 0 Å². The molecule has 72 valence electrons. The molecule has 0 spiro atoms. The van der Waals surface area contributed by atoms with Crippen LogP contribution in [0.15, 0.2) is 0 Å². The second-order valence-electron chi connectivity index (χ2n) is 2.99. The van der Waals surface area contributed by atoms with Crippen LogP contribution in [0.4, 0.5) is 8.78 Å². The number of aliphatic carboxylic acids is 1. The Kier molecular flexibility index (Phi) is 4.13. The average Bonchev–Trinajstić information content (AvgIpc) is 2.00. The molecule has 2 nitrogen and oxygen atoms in total. The molecule has 0 aliphatic heterocycles. The first-order valence-corrected chi connectivity index (χ1v) is 3.99. The third kappa shape index (κ3) is 4.26. The highest BCUT2D eigenvalue weighted by Gasteiger charge is 2.27. The highest BCUT2D eigenvalue weighted by molar-refractivity contribution is 5.69. The fraction of sp³-hybridized carbons (Fsp3) is 0.875. The third-order valence-electron chi connectivity index (χ3n) is 1.88. The average molecular weight is 180 g/mol. The Balaban J connectivity index is 3.75. The first kappa shape index (κ1) is 11.3. The van der Waals surface area contributed by atoms with Crippen LogP contribution in [0.3, 0.4) is 0 Å². The fourth-order valence-corrected chi connectivity index (χ4v) is 0.728. The van der Waals surface area contributed by atoms with Gasteiger partial charge in [-0.1, -0.05) is 13.8 Å². The van der Waals surface area contributed by atoms with Crippen LogP contribution in [0.2, 0.25) is 0 Å². The van der Waals surface area contributed by atoms with Crippen molar-refractivity contribution in [2.24, 2.45) is 5.92 Å². The molecule has 0 aliphatic carbocycles. The molecule has 0 aliphatic rings. The zero-order valence-electron chi connectivity index (χ0n) is 7.31. The van der Waals surface area contributed by atoms with Crippen molar-refractivity contribution < 1.29 is 18.7 Å². The summed E-state index contributed by atoms with van der Waals surface area (Å²) in [5, 5.41) is 8.41. The van der Waals surface area contributed by atoms with E-state index in [2.05, 4.69) is 0 Å². The Morgan fingerprint density at radius 3 is 2.42 bits per heavy atom. The lowest BCUT2D eigenvalue weighted by molar-refractivity contribution is -0.141. The summed E-state index contributed by atoms with van der Waals surface area (Å²) in [5.74, 6) is -4.40. The quantitative estimate of drug-likeness (QED) is 0.705. The molecule has 12 heavy (non-hydrogen) atoms. The van der Waals surface area contributed by atoms with Gasteiger partial charge in [0.25, 0.3) is 0 Å². The standard InChI is InChI=1S/C8H14F2O2/c1-3-8(9,10)5-4-6(2)7(11)12/h6H,3-5H2,1-2H3,(H,11,12). The van der Waals surface area contributed by atoms with E-state index in [4.69, 9.17) is 5.11 Å². The largest absolute Gasteiger partial charge is 0.481 e. The number of halogens is 2. The first-order valence-electron chi connectivity index (χ1n) is 3.99. The smallest absolute Gasteiger partial charge is 0.306 e. The van der Waals surface area contributed by atoms with Gasteiger partial charge in [-0.3, -0.25) is 4.79 Å². The summed E-state index contributed by atoms with van der Waals surface area (Å²) >= 11 is 0. The lowest BCUT2D eigenvalue weighted by atomic mass is 10.0. The molecule has 1 atom stereocenters. The van der Waals surface area contributed by atoms with E-state index in [0.29, 0.717) is 0 Å². The maximum absolute atomic E-state index is 12.6. The Morgan fingerprint density at radius 2 is 2.08 bits per heavy atom. The molecule has 0 saturated carbocycles. The van der Waals surface area contributed by atoms with Crippen LogP contribution >= 0.6 is 0 Å². The van der Waals surface area contributed by atoms with Gasteiger partial charge in [0.2, 0.25) is 5.92 Å². The number of carbonyl (C=O) groups is 1. The van der Waals surface area contributed by atoms with Gasteiger partial charge >= 0.3 is 5.97 Å². The number of carboxylic acid groups (broad SMARTS) is 1. The van der Waals surface area contributed by atoms with E-state index >= 15 is 0 Å². The Labute approximate surface area is 70.6 Å². The number of rotatable bonds is 5. The van der Waals surface area contributed by atoms with Crippen molar-refractivity contribution in [3.8, 4) is 0 Å². The highest BCUT2D eigenvalue weighted by atomic mass is 19.3. The number of hydrogen-bond donors (Lipinski definition) is 1. The second-order valence-corrected chi connectivity index (χ2v) is 2.99. The Bertz CT molecular complexity index is 157. The summed E-state index contributed by atoms with van der Waals surface area (Å²) in [6.07, 6.45) is -0.521. The van der Waals surface area contributed by atoms with E-state index in [9.17, 15) is 13.6 Å². The summed E-state index contributed by atoms with van der Waals surface area (Å²) in [6.45, 7) is 2.83. The van der Waals surface area contributed by atoms with E-state index in [0.717, 1.165) is 0 Å². The molecular formula is C8H14F2O2. The van der Waals surface area contributed by atoms with Gasteiger partial charge in [-0.15, -0.1) is 0 Å². The van der Waals surface area contributed by atoms with Crippen molar-refractivity contribution in [2.75, 3.05) is 0 Å². The lowest BCUT2D eigenvalue weighted by Gasteiger charge is -2.14. The van der Waals surface area contributed by atoms with Crippen molar-refractivity contribution in [3.63, 3.8) is 0 Å². The van der Waals surface area contributed by atoms with E-state index < -0.39 is 17.8 Å². The summed E-state index contributed by atoms with van der Waals surface area (Å²) in [5.41, 5.74) is 0. The number of hydrogen-bond acceptors (Lipinski definition) is 1. The predicted octanol–water partition coefficient (Wildman–Crippen LogP) is 2.53. The van der Waals surface area contributed by atoms with E-state index in [-0.39, 0.29) is 19.3 Å². The normalized spacial score (nSPS) is 14.3. The second kappa shape index (κ2) is 4.38. The van der Waals surface area contributed by atoms with Crippen LogP contribution in [-0.4, -0.2) is 17.0 Å². The Hall–Kier alpha value is -0.670. The molecule has 4 heteroatoms. The molecule has 0 amide bonds. The van der Waals surface area contributed by atoms with Crippen molar-refractivity contribution in [1.29, 1.82) is 0 Å². The van der Waals surface area contributed by atoms with E-state index in [1.807, 2.05) is 0 Å². The molecule has 0 bridgehead atoms. The zero-order valence-corrected chi connectivity index (χ0v) is 7.31. The minimum absolute atomic E-state index is 0.0379. The van der Waals surface area contributed by atoms with Gasteiger partial charge in [-0.05, 0) is 6.42 Å². The lowest BCUT2D eigenvalue weighted by Crippen LogP contribution is -2.18. The van der Waals surface area contributed by atoms with Crippen molar-refractivity contribution in [3.05, 3.63) is 0 Å². The van der Waals surface area contributed by atoms with Gasteiger partial charge < -0.3 is 5.11 Å². The Morgan fingerprint density at radius 1 is 1.58 bits per heavy atom. The topological polar surface area (TPSA) is 37.3 Å². The molecular weight excluding hydrogens is 166 g/mol. The SMILES string of the molecule is CCC(F)(F)CCC(C)C(=O)O. The minimum atomic E-state index is -2.70. The molecule has 0 fully saturated rings. The number of carboxylic acids is 1. The molecule has 0 aromatic rings. The van der Waals surface area contributed by atoms with Crippen LogP contribution in [0, 0.1) is 5.92 Å². The fourth-order valence-electron chi connectivity index (χ4n) is 0.728. The minimum Gasteiger partial charge on any atom is -0.481 e. The molecule has 0 heterocycles. The molecule has 0 rings (SSSR count). The predicted molar refractivity (Wildman–Crippen MR) is 41.3 cm³/mol. The molecule has 0 radical (unpaired) electrons. The van der Waals surface area contributed by atoms with Gasteiger partial charge in [0.05, 0.1) is 5.92 Å². The summed E-state index contributed by atoms with van der Waals surface area (Å²) < 4.78 is 25.2.